The molecule has 0 bridgehead atoms. The fourth-order valence-corrected chi connectivity index (χ4v) is 1.40. The van der Waals surface area contributed by atoms with Gasteiger partial charge in [-0.25, -0.2) is 0 Å². The van der Waals surface area contributed by atoms with Gasteiger partial charge in [-0.3, -0.25) is 4.98 Å². The van der Waals surface area contributed by atoms with E-state index in [1.165, 1.54) is 0 Å². The van der Waals surface area contributed by atoms with Crippen molar-refractivity contribution in [2.45, 2.75) is 0 Å². The topological polar surface area (TPSA) is 40.6 Å². The van der Waals surface area contributed by atoms with Gasteiger partial charge in [-0.1, -0.05) is 0 Å². The molecule has 0 aliphatic carbocycles. The zero-order chi connectivity index (χ0) is 10.1. The van der Waals surface area contributed by atoms with Crippen LogP contribution in [0.3, 0.4) is 0 Å². The van der Waals surface area contributed by atoms with Crippen molar-refractivity contribution in [3.8, 4) is 5.48 Å². The van der Waals surface area contributed by atoms with Crippen LogP contribution in [0.4, 0.5) is 0 Å². The second-order valence-corrected chi connectivity index (χ2v) is 3.49. The Bertz CT molecular complexity index is 233. The van der Waals surface area contributed by atoms with E-state index in [0.29, 0.717) is 26.4 Å². The Balaban J connectivity index is 1.99. The van der Waals surface area contributed by atoms with Crippen LogP contribution in [-0.2, 0) is 9.47 Å². The maximum Gasteiger partial charge on any atom is 0.163 e. The predicted molar refractivity (Wildman–Crippen MR) is 54.9 cm³/mol. The van der Waals surface area contributed by atoms with Crippen LogP contribution in [-0.4, -0.2) is 38.5 Å². The van der Waals surface area contributed by atoms with Gasteiger partial charge in [0.2, 0.25) is 0 Å². The molecule has 0 fully saturated rings. The maximum absolute atomic E-state index is 5.40. The van der Waals surface area contributed by atoms with Gasteiger partial charge in [-0.2, -0.15) is 0 Å². The Morgan fingerprint density at radius 2 is 2.14 bits per heavy atom. The van der Waals surface area contributed by atoms with Crippen LogP contribution in [0.2, 0.25) is 0 Å². The van der Waals surface area contributed by atoms with Crippen molar-refractivity contribution in [1.29, 1.82) is 0 Å². The first-order valence-electron chi connectivity index (χ1n) is 4.39. The summed E-state index contributed by atoms with van der Waals surface area (Å²) >= 11 is 0. The number of nitrogens with zero attached hydrogens (tertiary/aromatic N) is 1. The van der Waals surface area contributed by atoms with E-state index in [2.05, 4.69) is 4.98 Å². The molecular weight excluding hydrogens is 201 g/mol. The van der Waals surface area contributed by atoms with E-state index in [1.54, 1.807) is 19.5 Å². The summed E-state index contributed by atoms with van der Waals surface area (Å²) in [7, 11) is 2.70. The zero-order valence-electron chi connectivity index (χ0n) is 8.18. The Morgan fingerprint density at radius 3 is 2.86 bits per heavy atom. The monoisotopic (exact) mass is 215 g/mol. The largest absolute Gasteiger partial charge is 0.485 e. The quantitative estimate of drug-likeness (QED) is 0.649. The van der Waals surface area contributed by atoms with Gasteiger partial charge in [0.15, 0.2) is 5.48 Å². The van der Waals surface area contributed by atoms with Gasteiger partial charge < -0.3 is 14.2 Å². The SMILES string of the molecule is COCCOCCOc1cnccp1. The van der Waals surface area contributed by atoms with Gasteiger partial charge in [0.1, 0.15) is 6.61 Å². The lowest BCUT2D eigenvalue weighted by Crippen LogP contribution is -2.09. The number of hydrogen-bond acceptors (Lipinski definition) is 4. The Kier molecular flexibility index (Phi) is 6.24. The Labute approximate surface area is 85.3 Å². The molecule has 1 heterocycles. The third-order valence-corrected chi connectivity index (χ3v) is 2.23. The molecule has 0 aromatic carbocycles. The van der Waals surface area contributed by atoms with Gasteiger partial charge in [0.25, 0.3) is 0 Å². The molecule has 0 aliphatic rings. The van der Waals surface area contributed by atoms with Crippen LogP contribution < -0.4 is 4.74 Å². The molecule has 0 saturated heterocycles. The zero-order valence-corrected chi connectivity index (χ0v) is 9.07. The summed E-state index contributed by atoms with van der Waals surface area (Å²) in [6.45, 7) is 2.38. The van der Waals surface area contributed by atoms with E-state index in [9.17, 15) is 0 Å². The van der Waals surface area contributed by atoms with Gasteiger partial charge in [-0.15, -0.1) is 0 Å². The maximum atomic E-state index is 5.40. The Morgan fingerprint density at radius 1 is 1.29 bits per heavy atom. The van der Waals surface area contributed by atoms with Crippen molar-refractivity contribution < 1.29 is 14.2 Å². The third kappa shape index (κ3) is 5.12. The molecule has 0 unspecified atom stereocenters. The fourth-order valence-electron chi connectivity index (χ4n) is 0.809. The van der Waals surface area contributed by atoms with Crippen molar-refractivity contribution in [3.05, 3.63) is 18.2 Å². The molecule has 0 N–H and O–H groups in total. The van der Waals surface area contributed by atoms with Crippen LogP contribution in [0.15, 0.2) is 18.2 Å². The van der Waals surface area contributed by atoms with E-state index in [1.807, 2.05) is 5.80 Å². The number of aromatic nitrogens is 1. The molecule has 4 nitrogen and oxygen atoms in total. The van der Waals surface area contributed by atoms with E-state index >= 15 is 0 Å². The molecule has 14 heavy (non-hydrogen) atoms. The summed E-state index contributed by atoms with van der Waals surface area (Å²) in [5.41, 5.74) is 0.864. The summed E-state index contributed by atoms with van der Waals surface area (Å²) in [5, 5.41) is 0. The number of ether oxygens (including phenoxy) is 3. The lowest BCUT2D eigenvalue weighted by molar-refractivity contribution is 0.0550. The molecule has 78 valence electrons. The van der Waals surface area contributed by atoms with Crippen LogP contribution in [0.1, 0.15) is 0 Å². The second kappa shape index (κ2) is 7.68. The van der Waals surface area contributed by atoms with Gasteiger partial charge in [0.05, 0.1) is 26.0 Å². The molecular formula is C9H14NO3P. The first-order valence-corrected chi connectivity index (χ1v) is 5.35. The normalized spacial score (nSPS) is 10.6. The average Bonchev–Trinajstić information content (AvgIpc) is 2.25. The van der Waals surface area contributed by atoms with Crippen LogP contribution in [0.25, 0.3) is 0 Å². The molecule has 5 heteroatoms. The standard InChI is InChI=1S/C9H14NO3P/c1-11-3-4-12-5-6-13-9-8-10-2-7-14-9/h2,7-8H,3-6H2,1H3. The highest BCUT2D eigenvalue weighted by Crippen LogP contribution is 2.19. The summed E-state index contributed by atoms with van der Waals surface area (Å²) in [6, 6.07) is 0. The number of hydrogen-bond donors (Lipinski definition) is 0. The molecule has 0 radical (unpaired) electrons. The average molecular weight is 215 g/mol. The first kappa shape index (κ1) is 11.4. The van der Waals surface area contributed by atoms with Crippen molar-refractivity contribution >= 4 is 8.19 Å². The van der Waals surface area contributed by atoms with Crippen molar-refractivity contribution in [1.82, 2.24) is 4.98 Å². The smallest absolute Gasteiger partial charge is 0.163 e. The lowest BCUT2D eigenvalue weighted by atomic mass is 10.7. The minimum atomic E-state index is 0.561. The van der Waals surface area contributed by atoms with Gasteiger partial charge >= 0.3 is 0 Å². The highest BCUT2D eigenvalue weighted by Gasteiger charge is 1.92. The first-order chi connectivity index (χ1) is 6.93. The van der Waals surface area contributed by atoms with Gasteiger partial charge in [-0.05, 0) is 14.0 Å². The van der Waals surface area contributed by atoms with Crippen LogP contribution >= 0.6 is 8.19 Å². The molecule has 0 aliphatic heterocycles. The molecule has 0 spiro atoms. The highest BCUT2D eigenvalue weighted by atomic mass is 31.0. The summed E-state index contributed by atoms with van der Waals surface area (Å²) in [5.74, 6) is 1.93. The highest BCUT2D eigenvalue weighted by molar-refractivity contribution is 7.31. The van der Waals surface area contributed by atoms with E-state index in [0.717, 1.165) is 13.7 Å². The summed E-state index contributed by atoms with van der Waals surface area (Å²) in [6.07, 6.45) is 3.47. The van der Waals surface area contributed by atoms with E-state index < -0.39 is 0 Å². The molecule has 0 amide bonds. The van der Waals surface area contributed by atoms with Crippen molar-refractivity contribution in [2.75, 3.05) is 33.5 Å². The fraction of sp³-hybridized carbons (Fsp3) is 0.556. The molecule has 1 rings (SSSR count). The third-order valence-electron chi connectivity index (χ3n) is 1.45. The Hall–Kier alpha value is -0.700. The molecule has 0 atom stereocenters. The molecule has 1 aromatic heterocycles. The van der Waals surface area contributed by atoms with E-state index in [-0.39, 0.29) is 0 Å². The molecule has 1 aromatic rings. The van der Waals surface area contributed by atoms with E-state index in [4.69, 9.17) is 14.2 Å². The number of rotatable bonds is 7. The second-order valence-electron chi connectivity index (χ2n) is 2.50. The van der Waals surface area contributed by atoms with Crippen LogP contribution in [0.5, 0.6) is 5.48 Å². The summed E-state index contributed by atoms with van der Waals surface area (Å²) < 4.78 is 15.5. The predicted octanol–water partition coefficient (Wildman–Crippen LogP) is 1.70. The van der Waals surface area contributed by atoms with Gasteiger partial charge in [0, 0.05) is 13.3 Å². The minimum Gasteiger partial charge on any atom is -0.485 e. The van der Waals surface area contributed by atoms with Crippen molar-refractivity contribution in [3.63, 3.8) is 0 Å². The summed E-state index contributed by atoms with van der Waals surface area (Å²) in [4.78, 5) is 3.95. The lowest BCUT2D eigenvalue weighted by Gasteiger charge is -2.05. The van der Waals surface area contributed by atoms with Crippen molar-refractivity contribution in [2.24, 2.45) is 0 Å². The molecule has 0 saturated carbocycles. The number of methoxy groups -OCH3 is 1. The van der Waals surface area contributed by atoms with Crippen LogP contribution in [0, 0.1) is 0 Å². The minimum absolute atomic E-state index is 0.561.